The second-order valence-corrected chi connectivity index (χ2v) is 8.01. The highest BCUT2D eigenvalue weighted by Crippen LogP contribution is 2.28. The molecule has 1 amide bonds. The summed E-state index contributed by atoms with van der Waals surface area (Å²) in [6.07, 6.45) is 1.69. The molecule has 0 bridgehead atoms. The van der Waals surface area contributed by atoms with Gasteiger partial charge in [0.1, 0.15) is 16.9 Å². The minimum absolute atomic E-state index is 0.167. The second kappa shape index (κ2) is 8.67. The number of nitrogens with two attached hydrogens (primary N) is 1. The Morgan fingerprint density at radius 2 is 1.59 bits per heavy atom. The largest absolute Gasteiger partial charge is 0.383 e. The number of nitrogens with one attached hydrogen (secondary N) is 1. The standard InChI is InChI=1S/C26H23N7O/c1-32(2)19-14-12-17(13-15-19)16-28-33-24(27)22(26(34)29-18-8-4-3-5-9-18)23-25(33)31-21-11-7-6-10-20(21)30-23/h3-16H,27H2,1-2H3,(H,29,34)/b28-16+. The number of anilines is 3. The second-order valence-electron chi connectivity index (χ2n) is 8.01. The van der Waals surface area contributed by atoms with Crippen molar-refractivity contribution < 1.29 is 4.79 Å². The van der Waals surface area contributed by atoms with Gasteiger partial charge in [-0.2, -0.15) is 9.78 Å². The molecule has 5 aromatic rings. The molecule has 34 heavy (non-hydrogen) atoms. The number of benzene rings is 3. The first kappa shape index (κ1) is 21.1. The van der Waals surface area contributed by atoms with Gasteiger partial charge in [-0.3, -0.25) is 4.79 Å². The van der Waals surface area contributed by atoms with Crippen LogP contribution in [0.2, 0.25) is 0 Å². The molecule has 0 saturated carbocycles. The van der Waals surface area contributed by atoms with E-state index in [9.17, 15) is 4.79 Å². The van der Waals surface area contributed by atoms with Gasteiger partial charge in [0.25, 0.3) is 5.91 Å². The number of rotatable bonds is 5. The summed E-state index contributed by atoms with van der Waals surface area (Å²) in [5, 5.41) is 7.45. The van der Waals surface area contributed by atoms with Gasteiger partial charge < -0.3 is 16.0 Å². The molecule has 2 aromatic heterocycles. The summed E-state index contributed by atoms with van der Waals surface area (Å²) in [7, 11) is 3.97. The van der Waals surface area contributed by atoms with Crippen molar-refractivity contribution in [1.82, 2.24) is 14.6 Å². The topological polar surface area (TPSA) is 101 Å². The van der Waals surface area contributed by atoms with Crippen LogP contribution in [0, 0.1) is 0 Å². The van der Waals surface area contributed by atoms with Gasteiger partial charge in [-0.1, -0.05) is 42.5 Å². The minimum atomic E-state index is -0.373. The van der Waals surface area contributed by atoms with Gasteiger partial charge >= 0.3 is 0 Å². The molecule has 0 aliphatic rings. The number of amides is 1. The van der Waals surface area contributed by atoms with Crippen molar-refractivity contribution in [3.8, 4) is 0 Å². The van der Waals surface area contributed by atoms with Gasteiger partial charge in [0.05, 0.1) is 17.2 Å². The summed E-state index contributed by atoms with van der Waals surface area (Å²) in [5.74, 6) is -0.206. The van der Waals surface area contributed by atoms with Crippen LogP contribution in [-0.2, 0) is 0 Å². The Balaban J connectivity index is 1.62. The molecule has 0 unspecified atom stereocenters. The Kier molecular flexibility index (Phi) is 5.39. The molecular weight excluding hydrogens is 426 g/mol. The lowest BCUT2D eigenvalue weighted by Crippen LogP contribution is -2.14. The molecule has 168 valence electrons. The van der Waals surface area contributed by atoms with Gasteiger partial charge in [0, 0.05) is 25.5 Å². The number of carbonyl (C=O) groups is 1. The predicted octanol–water partition coefficient (Wildman–Crippen LogP) is 4.37. The number of nitrogen functional groups attached to an aromatic ring is 1. The lowest BCUT2D eigenvalue weighted by Gasteiger charge is -2.11. The number of nitrogens with zero attached hydrogens (tertiary/aromatic N) is 5. The van der Waals surface area contributed by atoms with Crippen LogP contribution in [0.15, 0.2) is 84.0 Å². The van der Waals surface area contributed by atoms with E-state index in [1.54, 1.807) is 6.21 Å². The first-order valence-corrected chi connectivity index (χ1v) is 10.8. The van der Waals surface area contributed by atoms with Crippen molar-refractivity contribution in [3.05, 3.63) is 90.0 Å². The molecule has 3 N–H and O–H groups in total. The first-order valence-electron chi connectivity index (χ1n) is 10.8. The van der Waals surface area contributed by atoms with E-state index in [2.05, 4.69) is 10.4 Å². The monoisotopic (exact) mass is 449 g/mol. The molecular formula is C26H23N7O. The molecule has 0 spiro atoms. The van der Waals surface area contributed by atoms with E-state index in [1.807, 2.05) is 97.9 Å². The van der Waals surface area contributed by atoms with E-state index in [1.165, 1.54) is 4.68 Å². The Hall–Kier alpha value is -4.72. The molecule has 3 aromatic carbocycles. The van der Waals surface area contributed by atoms with Crippen molar-refractivity contribution in [3.63, 3.8) is 0 Å². The van der Waals surface area contributed by atoms with Gasteiger partial charge in [-0.25, -0.2) is 9.97 Å². The third kappa shape index (κ3) is 3.93. The van der Waals surface area contributed by atoms with Crippen LogP contribution in [0.3, 0.4) is 0 Å². The zero-order valence-electron chi connectivity index (χ0n) is 18.8. The van der Waals surface area contributed by atoms with Gasteiger partial charge in [-0.05, 0) is 42.0 Å². The van der Waals surface area contributed by atoms with Crippen LogP contribution < -0.4 is 16.0 Å². The average molecular weight is 450 g/mol. The van der Waals surface area contributed by atoms with Crippen molar-refractivity contribution >= 4 is 51.5 Å². The minimum Gasteiger partial charge on any atom is -0.383 e. The summed E-state index contributed by atoms with van der Waals surface area (Å²) in [6, 6.07) is 24.6. The zero-order valence-corrected chi connectivity index (χ0v) is 18.8. The molecule has 0 radical (unpaired) electrons. The summed E-state index contributed by atoms with van der Waals surface area (Å²) in [4.78, 5) is 24.7. The molecule has 8 nitrogen and oxygen atoms in total. The fraction of sp³-hybridized carbons (Fsp3) is 0.0769. The Morgan fingerprint density at radius 1 is 0.941 bits per heavy atom. The SMILES string of the molecule is CN(C)c1ccc(/C=N/n2c(N)c(C(=O)Nc3ccccc3)c3nc4ccccc4nc32)cc1. The number of para-hydroxylation sites is 3. The van der Waals surface area contributed by atoms with E-state index in [0.29, 0.717) is 27.9 Å². The predicted molar refractivity (Wildman–Crippen MR) is 138 cm³/mol. The molecule has 0 atom stereocenters. The Morgan fingerprint density at radius 3 is 2.26 bits per heavy atom. The average Bonchev–Trinajstić information content (AvgIpc) is 3.12. The van der Waals surface area contributed by atoms with Crippen LogP contribution in [0.4, 0.5) is 17.2 Å². The lowest BCUT2D eigenvalue weighted by atomic mass is 10.2. The van der Waals surface area contributed by atoms with E-state index in [0.717, 1.165) is 11.3 Å². The summed E-state index contributed by atoms with van der Waals surface area (Å²) >= 11 is 0. The van der Waals surface area contributed by atoms with E-state index >= 15 is 0 Å². The zero-order chi connectivity index (χ0) is 23.7. The van der Waals surface area contributed by atoms with Crippen LogP contribution in [0.5, 0.6) is 0 Å². The van der Waals surface area contributed by atoms with Crippen molar-refractivity contribution in [1.29, 1.82) is 0 Å². The third-order valence-corrected chi connectivity index (χ3v) is 5.46. The van der Waals surface area contributed by atoms with Gasteiger partial charge in [-0.15, -0.1) is 0 Å². The normalized spacial score (nSPS) is 11.4. The molecule has 8 heteroatoms. The molecule has 0 aliphatic heterocycles. The maximum atomic E-state index is 13.2. The van der Waals surface area contributed by atoms with E-state index in [-0.39, 0.29) is 17.3 Å². The number of hydrogen-bond donors (Lipinski definition) is 2. The molecule has 0 aliphatic carbocycles. The Labute approximate surface area is 196 Å². The highest BCUT2D eigenvalue weighted by atomic mass is 16.1. The van der Waals surface area contributed by atoms with Crippen molar-refractivity contribution in [2.45, 2.75) is 0 Å². The maximum absolute atomic E-state index is 13.2. The molecule has 0 saturated heterocycles. The van der Waals surface area contributed by atoms with Gasteiger partial charge in [0.2, 0.25) is 0 Å². The number of carbonyl (C=O) groups excluding carboxylic acids is 1. The highest BCUT2D eigenvalue weighted by molar-refractivity contribution is 6.16. The molecule has 5 rings (SSSR count). The number of aromatic nitrogens is 3. The van der Waals surface area contributed by atoms with Crippen molar-refractivity contribution in [2.24, 2.45) is 5.10 Å². The van der Waals surface area contributed by atoms with Crippen molar-refractivity contribution in [2.75, 3.05) is 30.0 Å². The first-order chi connectivity index (χ1) is 16.5. The third-order valence-electron chi connectivity index (χ3n) is 5.46. The maximum Gasteiger partial charge on any atom is 0.261 e. The fourth-order valence-corrected chi connectivity index (χ4v) is 3.69. The van der Waals surface area contributed by atoms with Gasteiger partial charge in [0.15, 0.2) is 5.65 Å². The highest BCUT2D eigenvalue weighted by Gasteiger charge is 2.24. The summed E-state index contributed by atoms with van der Waals surface area (Å²) in [5.41, 5.74) is 11.5. The quantitative estimate of drug-likeness (QED) is 0.388. The lowest BCUT2D eigenvalue weighted by molar-refractivity contribution is 0.102. The van der Waals surface area contributed by atoms with Crippen LogP contribution in [0.1, 0.15) is 15.9 Å². The smallest absolute Gasteiger partial charge is 0.261 e. The Bertz CT molecular complexity index is 1520. The summed E-state index contributed by atoms with van der Waals surface area (Å²) in [6.45, 7) is 0. The van der Waals surface area contributed by atoms with Crippen LogP contribution in [0.25, 0.3) is 22.2 Å². The number of hydrogen-bond acceptors (Lipinski definition) is 6. The molecule has 2 heterocycles. The van der Waals surface area contributed by atoms with Crippen LogP contribution in [-0.4, -0.2) is 40.9 Å². The fourth-order valence-electron chi connectivity index (χ4n) is 3.69. The van der Waals surface area contributed by atoms with E-state index < -0.39 is 0 Å². The van der Waals surface area contributed by atoms with E-state index in [4.69, 9.17) is 15.7 Å². The summed E-state index contributed by atoms with van der Waals surface area (Å²) < 4.78 is 1.47. The molecule has 0 fully saturated rings. The number of fused-ring (bicyclic) bond motifs is 2. The van der Waals surface area contributed by atoms with Crippen LogP contribution >= 0.6 is 0 Å².